The Labute approximate surface area is 93.3 Å². The van der Waals surface area contributed by atoms with Gasteiger partial charge in [0.1, 0.15) is 6.04 Å². The molecule has 1 aliphatic rings. The van der Waals surface area contributed by atoms with Crippen molar-refractivity contribution in [2.24, 2.45) is 0 Å². The van der Waals surface area contributed by atoms with Crippen LogP contribution in [0.25, 0.3) is 10.2 Å². The predicted octanol–water partition coefficient (Wildman–Crippen LogP) is 2.08. The van der Waals surface area contributed by atoms with E-state index in [1.54, 1.807) is 0 Å². The standard InChI is InChI=1S/C12H14N2S/c1-2-7-11-9(5-1)14-12(15-11)10-6-3-4-8-13-10/h1-2,5,7,10,13H,3-4,6,8H2/p+1/t10-/m1/s1. The van der Waals surface area contributed by atoms with Gasteiger partial charge in [-0.2, -0.15) is 0 Å². The Kier molecular flexibility index (Phi) is 2.43. The normalized spacial score (nSPS) is 22.0. The molecule has 0 aliphatic carbocycles. The van der Waals surface area contributed by atoms with E-state index in [9.17, 15) is 0 Å². The van der Waals surface area contributed by atoms with Crippen LogP contribution in [0, 0.1) is 0 Å². The zero-order chi connectivity index (χ0) is 10.1. The summed E-state index contributed by atoms with van der Waals surface area (Å²) in [5.74, 6) is 0. The van der Waals surface area contributed by atoms with Crippen molar-refractivity contribution in [1.82, 2.24) is 4.98 Å². The lowest BCUT2D eigenvalue weighted by atomic mass is 10.1. The van der Waals surface area contributed by atoms with Gasteiger partial charge in [-0.15, -0.1) is 11.3 Å². The Hall–Kier alpha value is -0.930. The van der Waals surface area contributed by atoms with Gasteiger partial charge in [0.05, 0.1) is 16.8 Å². The summed E-state index contributed by atoms with van der Waals surface area (Å²) in [6, 6.07) is 9.05. The van der Waals surface area contributed by atoms with E-state index in [1.807, 2.05) is 11.3 Å². The number of nitrogens with zero attached hydrogens (tertiary/aromatic N) is 1. The molecule has 3 heteroatoms. The third-order valence-electron chi connectivity index (χ3n) is 3.05. The van der Waals surface area contributed by atoms with Crippen LogP contribution in [0.1, 0.15) is 30.3 Å². The van der Waals surface area contributed by atoms with Crippen LogP contribution in [0.5, 0.6) is 0 Å². The first-order chi connectivity index (χ1) is 7.43. The first-order valence-corrected chi connectivity index (χ1v) is 6.44. The van der Waals surface area contributed by atoms with Gasteiger partial charge in [-0.25, -0.2) is 4.98 Å². The highest BCUT2D eigenvalue weighted by atomic mass is 32.1. The molecule has 1 saturated heterocycles. The molecule has 2 aromatic rings. The second kappa shape index (κ2) is 3.91. The van der Waals surface area contributed by atoms with Crippen LogP contribution in [0.3, 0.4) is 0 Å². The Bertz CT molecular complexity index is 424. The van der Waals surface area contributed by atoms with Crippen LogP contribution in [-0.4, -0.2) is 11.5 Å². The molecular weight excluding hydrogens is 204 g/mol. The molecule has 0 unspecified atom stereocenters. The number of nitrogens with two attached hydrogens (primary N) is 1. The fourth-order valence-electron chi connectivity index (χ4n) is 2.22. The fourth-order valence-corrected chi connectivity index (χ4v) is 3.32. The van der Waals surface area contributed by atoms with Gasteiger partial charge in [0, 0.05) is 6.42 Å². The van der Waals surface area contributed by atoms with Gasteiger partial charge in [0.2, 0.25) is 0 Å². The molecule has 0 spiro atoms. The smallest absolute Gasteiger partial charge is 0.151 e. The van der Waals surface area contributed by atoms with Gasteiger partial charge in [0.25, 0.3) is 0 Å². The highest BCUT2D eigenvalue weighted by molar-refractivity contribution is 7.18. The van der Waals surface area contributed by atoms with E-state index in [4.69, 9.17) is 4.98 Å². The van der Waals surface area contributed by atoms with Crippen LogP contribution in [-0.2, 0) is 0 Å². The lowest BCUT2D eigenvalue weighted by Crippen LogP contribution is -2.86. The van der Waals surface area contributed by atoms with Crippen molar-refractivity contribution >= 4 is 21.6 Å². The topological polar surface area (TPSA) is 29.5 Å². The highest BCUT2D eigenvalue weighted by Gasteiger charge is 2.21. The van der Waals surface area contributed by atoms with Gasteiger partial charge >= 0.3 is 0 Å². The summed E-state index contributed by atoms with van der Waals surface area (Å²) in [6.07, 6.45) is 4.01. The van der Waals surface area contributed by atoms with Crippen LogP contribution in [0.4, 0.5) is 0 Å². The van der Waals surface area contributed by atoms with Crippen molar-refractivity contribution in [1.29, 1.82) is 0 Å². The van der Waals surface area contributed by atoms with E-state index in [0.29, 0.717) is 6.04 Å². The van der Waals surface area contributed by atoms with E-state index in [1.165, 1.54) is 35.5 Å². The van der Waals surface area contributed by atoms with Crippen LogP contribution >= 0.6 is 11.3 Å². The van der Waals surface area contributed by atoms with Crippen LogP contribution in [0.2, 0.25) is 0 Å². The second-order valence-electron chi connectivity index (χ2n) is 4.15. The lowest BCUT2D eigenvalue weighted by Gasteiger charge is -2.17. The maximum atomic E-state index is 4.72. The number of benzene rings is 1. The van der Waals surface area contributed by atoms with Gasteiger partial charge in [-0.05, 0) is 25.0 Å². The second-order valence-corrected chi connectivity index (χ2v) is 5.21. The molecule has 1 aliphatic heterocycles. The van der Waals surface area contributed by atoms with E-state index in [-0.39, 0.29) is 0 Å². The van der Waals surface area contributed by atoms with Gasteiger partial charge in [-0.3, -0.25) is 0 Å². The van der Waals surface area contributed by atoms with Crippen LogP contribution < -0.4 is 5.32 Å². The van der Waals surface area contributed by atoms with E-state index < -0.39 is 0 Å². The molecule has 78 valence electrons. The minimum absolute atomic E-state index is 0.621. The van der Waals surface area contributed by atoms with E-state index in [2.05, 4.69) is 29.6 Å². The Morgan fingerprint density at radius 1 is 1.27 bits per heavy atom. The molecule has 0 saturated carbocycles. The number of aromatic nitrogens is 1. The molecule has 15 heavy (non-hydrogen) atoms. The Balaban J connectivity index is 1.96. The molecule has 1 atom stereocenters. The van der Waals surface area contributed by atoms with E-state index in [0.717, 1.165) is 5.52 Å². The first-order valence-electron chi connectivity index (χ1n) is 5.62. The summed E-state index contributed by atoms with van der Waals surface area (Å²) in [5.41, 5.74) is 1.16. The summed E-state index contributed by atoms with van der Waals surface area (Å²) in [4.78, 5) is 4.72. The number of rotatable bonds is 1. The number of piperidine rings is 1. The largest absolute Gasteiger partial charge is 0.338 e. The number of thiazole rings is 1. The van der Waals surface area contributed by atoms with Crippen molar-refractivity contribution in [3.63, 3.8) is 0 Å². The van der Waals surface area contributed by atoms with Crippen molar-refractivity contribution < 1.29 is 5.32 Å². The maximum absolute atomic E-state index is 4.72. The van der Waals surface area contributed by atoms with Crippen molar-refractivity contribution in [2.75, 3.05) is 6.54 Å². The lowest BCUT2D eigenvalue weighted by molar-refractivity contribution is -0.704. The summed E-state index contributed by atoms with van der Waals surface area (Å²) in [6.45, 7) is 1.26. The molecule has 2 nitrogen and oxygen atoms in total. The molecule has 0 radical (unpaired) electrons. The Morgan fingerprint density at radius 2 is 2.20 bits per heavy atom. The molecule has 2 N–H and O–H groups in total. The van der Waals surface area contributed by atoms with Crippen molar-refractivity contribution in [2.45, 2.75) is 25.3 Å². The van der Waals surface area contributed by atoms with Crippen molar-refractivity contribution in [3.05, 3.63) is 29.3 Å². The molecule has 0 amide bonds. The Morgan fingerprint density at radius 3 is 3.00 bits per heavy atom. The minimum atomic E-state index is 0.621. The number of fused-ring (bicyclic) bond motifs is 1. The quantitative estimate of drug-likeness (QED) is 0.782. The molecule has 3 rings (SSSR count). The number of para-hydroxylation sites is 1. The molecule has 1 aromatic carbocycles. The van der Waals surface area contributed by atoms with Crippen LogP contribution in [0.15, 0.2) is 24.3 Å². The summed E-state index contributed by atoms with van der Waals surface area (Å²) < 4.78 is 1.33. The highest BCUT2D eigenvalue weighted by Crippen LogP contribution is 2.27. The zero-order valence-electron chi connectivity index (χ0n) is 8.65. The first kappa shape index (κ1) is 9.31. The third-order valence-corrected chi connectivity index (χ3v) is 4.22. The number of hydrogen-bond donors (Lipinski definition) is 1. The average molecular weight is 219 g/mol. The number of quaternary nitrogens is 1. The molecule has 2 heterocycles. The van der Waals surface area contributed by atoms with Crippen molar-refractivity contribution in [3.8, 4) is 0 Å². The van der Waals surface area contributed by atoms with E-state index >= 15 is 0 Å². The average Bonchev–Trinajstić information content (AvgIpc) is 2.74. The van der Waals surface area contributed by atoms with Gasteiger partial charge in [-0.1, -0.05) is 12.1 Å². The summed E-state index contributed by atoms with van der Waals surface area (Å²) in [7, 11) is 0. The fraction of sp³-hybridized carbons (Fsp3) is 0.417. The maximum Gasteiger partial charge on any atom is 0.151 e. The van der Waals surface area contributed by atoms with Gasteiger partial charge in [0.15, 0.2) is 5.01 Å². The third kappa shape index (κ3) is 1.77. The minimum Gasteiger partial charge on any atom is -0.338 e. The van der Waals surface area contributed by atoms with Gasteiger partial charge < -0.3 is 5.32 Å². The molecule has 0 bridgehead atoms. The monoisotopic (exact) mass is 219 g/mol. The predicted molar refractivity (Wildman–Crippen MR) is 63.0 cm³/mol. The molecular formula is C12H15N2S+. The summed E-state index contributed by atoms with van der Waals surface area (Å²) in [5, 5.41) is 3.76. The molecule has 1 aromatic heterocycles. The zero-order valence-corrected chi connectivity index (χ0v) is 9.46. The summed E-state index contributed by atoms with van der Waals surface area (Å²) >= 11 is 1.86. The SMILES string of the molecule is c1ccc2sc([C@H]3CCCC[NH2+]3)nc2c1. The molecule has 1 fully saturated rings. The number of hydrogen-bond acceptors (Lipinski definition) is 2.